The third-order valence-electron chi connectivity index (χ3n) is 9.17. The number of rotatable bonds is 1. The van der Waals surface area contributed by atoms with Gasteiger partial charge in [-0.05, 0) is 35.4 Å². The van der Waals surface area contributed by atoms with E-state index in [1.165, 1.54) is 0 Å². The van der Waals surface area contributed by atoms with Gasteiger partial charge in [0.1, 0.15) is 0 Å². The molecule has 218 valence electrons. The molecule has 0 bridgehead atoms. The van der Waals surface area contributed by atoms with Crippen LogP contribution in [0.1, 0.15) is 0 Å². The van der Waals surface area contributed by atoms with Crippen LogP contribution >= 0.6 is 0 Å². The first-order valence-corrected chi connectivity index (χ1v) is 14.9. The van der Waals surface area contributed by atoms with Crippen molar-refractivity contribution >= 4 is 46.6 Å². The van der Waals surface area contributed by atoms with E-state index in [1.807, 2.05) is 0 Å². The summed E-state index contributed by atoms with van der Waals surface area (Å²) in [6.45, 7) is 9.36. The Labute approximate surface area is 247 Å². The first-order valence-electron chi connectivity index (χ1n) is 14.9. The van der Waals surface area contributed by atoms with Crippen molar-refractivity contribution in [3.63, 3.8) is 0 Å². The lowest BCUT2D eigenvalue weighted by atomic mass is 10.0. The summed E-state index contributed by atoms with van der Waals surface area (Å²) in [6.07, 6.45) is 0. The van der Waals surface area contributed by atoms with Crippen LogP contribution in [0.25, 0.3) is 11.1 Å². The van der Waals surface area contributed by atoms with Crippen molar-refractivity contribution in [2.45, 2.75) is 0 Å². The Morgan fingerprint density at radius 1 is 0.405 bits per heavy atom. The second-order valence-corrected chi connectivity index (χ2v) is 12.1. The molecule has 0 amide bonds. The van der Waals surface area contributed by atoms with Crippen molar-refractivity contribution in [3.8, 4) is 11.1 Å². The third kappa shape index (κ3) is 4.11. The molecule has 6 aliphatic heterocycles. The molecular weight excluding hydrogens is 528 g/mol. The molecule has 0 saturated carbocycles. The van der Waals surface area contributed by atoms with Crippen molar-refractivity contribution < 1.29 is 0 Å². The molecule has 6 aliphatic rings. The molecule has 0 N–H and O–H groups in total. The Hall–Kier alpha value is -4.48. The maximum absolute atomic E-state index is 5.21. The van der Waals surface area contributed by atoms with Crippen molar-refractivity contribution in [1.29, 1.82) is 0 Å². The van der Waals surface area contributed by atoms with Crippen molar-refractivity contribution in [3.05, 3.63) is 36.4 Å². The van der Waals surface area contributed by atoms with Gasteiger partial charge in [0.05, 0.1) is 36.1 Å². The van der Waals surface area contributed by atoms with Crippen LogP contribution in [0, 0.1) is 0 Å². The summed E-state index contributed by atoms with van der Waals surface area (Å²) in [7, 11) is 8.50. The van der Waals surface area contributed by atoms with E-state index in [-0.39, 0.29) is 0 Å². The van der Waals surface area contributed by atoms with Crippen LogP contribution in [-0.4, -0.2) is 157 Å². The molecular formula is C30H38N12. The molecule has 12 nitrogen and oxygen atoms in total. The zero-order valence-electron chi connectivity index (χ0n) is 24.9. The normalized spacial score (nSPS) is 21.5. The number of guanidine groups is 4. The van der Waals surface area contributed by atoms with Gasteiger partial charge in [-0.1, -0.05) is 12.1 Å². The maximum atomic E-state index is 5.21. The van der Waals surface area contributed by atoms with Gasteiger partial charge in [0, 0.05) is 80.5 Å². The van der Waals surface area contributed by atoms with E-state index in [1.54, 1.807) is 0 Å². The monoisotopic (exact) mass is 566 g/mol. The molecule has 0 aliphatic carbocycles. The summed E-state index contributed by atoms with van der Waals surface area (Å²) in [4.78, 5) is 39.1. The van der Waals surface area contributed by atoms with Gasteiger partial charge in [0.25, 0.3) is 0 Å². The first kappa shape index (κ1) is 25.2. The zero-order chi connectivity index (χ0) is 28.5. The molecule has 42 heavy (non-hydrogen) atoms. The van der Waals surface area contributed by atoms with Crippen molar-refractivity contribution in [2.24, 2.45) is 20.0 Å². The van der Waals surface area contributed by atoms with Gasteiger partial charge in [0.2, 0.25) is 23.8 Å². The molecule has 6 heterocycles. The Morgan fingerprint density at radius 2 is 0.714 bits per heavy atom. The van der Waals surface area contributed by atoms with E-state index in [0.29, 0.717) is 0 Å². The predicted octanol–water partition coefficient (Wildman–Crippen LogP) is 2.24. The van der Waals surface area contributed by atoms with Crippen LogP contribution in [0.4, 0.5) is 22.7 Å². The van der Waals surface area contributed by atoms with Crippen LogP contribution in [0.2, 0.25) is 0 Å². The standard InChI is InChI=1S/C30H38N12/c1-35-9-13-39-19-41-15-11-37(3)29(41)33-25-17-21(5-7-23(25)31-27(35)39)22-6-8-24-26(18-22)34-30-38(4)12-16-42(30)20-40-14-10-36(2)28(40)32-24/h5-8,17-18H,9-16,19-20H2,1-4H3. The number of benzene rings is 2. The minimum Gasteiger partial charge on any atom is -0.344 e. The molecule has 0 unspecified atom stereocenters. The second-order valence-electron chi connectivity index (χ2n) is 12.1. The van der Waals surface area contributed by atoms with Crippen LogP contribution in [0.3, 0.4) is 0 Å². The van der Waals surface area contributed by atoms with E-state index < -0.39 is 0 Å². The maximum Gasteiger partial charge on any atom is 0.203 e. The largest absolute Gasteiger partial charge is 0.344 e. The topological polar surface area (TPSA) is 75.4 Å². The fourth-order valence-corrected chi connectivity index (χ4v) is 6.63. The Kier molecular flexibility index (Phi) is 5.73. The lowest BCUT2D eigenvalue weighted by Crippen LogP contribution is -2.42. The number of nitrogens with zero attached hydrogens (tertiary/aromatic N) is 12. The minimum absolute atomic E-state index is 0.805. The first-order chi connectivity index (χ1) is 20.4. The summed E-state index contributed by atoms with van der Waals surface area (Å²) in [5, 5.41) is 0. The molecule has 8 rings (SSSR count). The molecule has 4 saturated heterocycles. The van der Waals surface area contributed by atoms with Gasteiger partial charge < -0.3 is 39.2 Å². The highest BCUT2D eigenvalue weighted by molar-refractivity contribution is 5.94. The predicted molar refractivity (Wildman–Crippen MR) is 167 cm³/mol. The van der Waals surface area contributed by atoms with E-state index in [0.717, 1.165) is 123 Å². The summed E-state index contributed by atoms with van der Waals surface area (Å²) in [6, 6.07) is 12.9. The SMILES string of the molecule is CN1CCN2CN3CCN(C)C3=Nc3cc(-c4ccc5c(c4)N=C4N(C)CCN4CN4CCN(C)C4=N5)ccc3N=C12. The Balaban J connectivity index is 1.25. The fourth-order valence-electron chi connectivity index (χ4n) is 6.63. The van der Waals surface area contributed by atoms with Crippen molar-refractivity contribution in [2.75, 3.05) is 93.9 Å². The summed E-state index contributed by atoms with van der Waals surface area (Å²) < 4.78 is 0. The van der Waals surface area contributed by atoms with Crippen LogP contribution in [-0.2, 0) is 0 Å². The highest BCUT2D eigenvalue weighted by Crippen LogP contribution is 2.39. The number of likely N-dealkylation sites (N-methyl/N-ethyl adjacent to an activating group) is 4. The van der Waals surface area contributed by atoms with E-state index >= 15 is 0 Å². The van der Waals surface area contributed by atoms with Crippen LogP contribution in [0.5, 0.6) is 0 Å². The molecule has 0 atom stereocenters. The average molecular weight is 567 g/mol. The third-order valence-corrected chi connectivity index (χ3v) is 9.17. The molecule has 0 spiro atoms. The van der Waals surface area contributed by atoms with E-state index in [2.05, 4.69) is 104 Å². The molecule has 12 heteroatoms. The van der Waals surface area contributed by atoms with Crippen LogP contribution < -0.4 is 0 Å². The average Bonchev–Trinajstić information content (AvgIpc) is 3.72. The number of hydrogen-bond acceptors (Lipinski definition) is 12. The molecule has 4 fully saturated rings. The number of hydrogen-bond donors (Lipinski definition) is 0. The Bertz CT molecular complexity index is 1440. The summed E-state index contributed by atoms with van der Waals surface area (Å²) in [5.74, 6) is 4.04. The van der Waals surface area contributed by atoms with E-state index in [4.69, 9.17) is 20.0 Å². The lowest BCUT2D eigenvalue weighted by molar-refractivity contribution is 0.306. The lowest BCUT2D eigenvalue weighted by Gasteiger charge is -2.27. The van der Waals surface area contributed by atoms with Gasteiger partial charge >= 0.3 is 0 Å². The minimum atomic E-state index is 0.805. The number of aliphatic imine (C=N–C) groups is 4. The highest BCUT2D eigenvalue weighted by atomic mass is 15.5. The summed E-state index contributed by atoms with van der Waals surface area (Å²) in [5.41, 5.74) is 5.74. The Morgan fingerprint density at radius 3 is 1.05 bits per heavy atom. The molecule has 0 aromatic heterocycles. The van der Waals surface area contributed by atoms with Gasteiger partial charge in [0.15, 0.2) is 0 Å². The zero-order valence-corrected chi connectivity index (χ0v) is 24.9. The summed E-state index contributed by atoms with van der Waals surface area (Å²) >= 11 is 0. The van der Waals surface area contributed by atoms with Crippen LogP contribution in [0.15, 0.2) is 56.4 Å². The smallest absolute Gasteiger partial charge is 0.203 e. The van der Waals surface area contributed by atoms with Crippen molar-refractivity contribution in [1.82, 2.24) is 39.2 Å². The van der Waals surface area contributed by atoms with Gasteiger partial charge in [-0.15, -0.1) is 0 Å². The van der Waals surface area contributed by atoms with Gasteiger partial charge in [-0.3, -0.25) is 0 Å². The molecule has 0 radical (unpaired) electrons. The second kappa shape index (κ2) is 9.53. The van der Waals surface area contributed by atoms with E-state index in [9.17, 15) is 0 Å². The quantitative estimate of drug-likeness (QED) is 0.521. The van der Waals surface area contributed by atoms with Gasteiger partial charge in [-0.2, -0.15) is 0 Å². The highest BCUT2D eigenvalue weighted by Gasteiger charge is 2.33. The number of fused-ring (bicyclic) bond motifs is 6. The fraction of sp³-hybridized carbons (Fsp3) is 0.467. The molecule has 2 aromatic carbocycles. The molecule has 2 aromatic rings. The van der Waals surface area contributed by atoms with Gasteiger partial charge in [-0.25, -0.2) is 20.0 Å².